The van der Waals surface area contributed by atoms with Gasteiger partial charge in [-0.05, 0) is 17.7 Å². The molecule has 0 aliphatic carbocycles. The Bertz CT molecular complexity index is 686. The highest BCUT2D eigenvalue weighted by atomic mass is 35.5. The fraction of sp³-hybridized carbons (Fsp3) is 0.143. The maximum atomic E-state index is 13.8. The van der Waals surface area contributed by atoms with Gasteiger partial charge in [-0.3, -0.25) is 0 Å². The number of anilines is 1. The van der Waals surface area contributed by atoms with Gasteiger partial charge in [-0.2, -0.15) is 0 Å². The molecule has 0 unspecified atom stereocenters. The number of benzene rings is 2. The van der Waals surface area contributed by atoms with Crippen LogP contribution in [0.15, 0.2) is 18.2 Å². The van der Waals surface area contributed by atoms with Gasteiger partial charge in [-0.25, -0.2) is 4.39 Å². The van der Waals surface area contributed by atoms with Crippen molar-refractivity contribution in [3.63, 3.8) is 0 Å². The summed E-state index contributed by atoms with van der Waals surface area (Å²) in [5.41, 5.74) is 1.40. The lowest BCUT2D eigenvalue weighted by atomic mass is 10.0. The topological polar surface area (TPSA) is 3.24 Å². The van der Waals surface area contributed by atoms with Gasteiger partial charge >= 0.3 is 0 Å². The monoisotopic (exact) mass is 385 g/mol. The molecule has 0 atom stereocenters. The molecular formula is C14H9Cl5FN. The van der Waals surface area contributed by atoms with Crippen molar-refractivity contribution in [2.24, 2.45) is 0 Å². The molecule has 21 heavy (non-hydrogen) atoms. The summed E-state index contributed by atoms with van der Waals surface area (Å²) in [6, 6.07) is 4.49. The van der Waals surface area contributed by atoms with Crippen LogP contribution in [0.2, 0.25) is 25.1 Å². The third-order valence-electron chi connectivity index (χ3n) is 2.93. The lowest BCUT2D eigenvalue weighted by Crippen LogP contribution is -2.10. The summed E-state index contributed by atoms with van der Waals surface area (Å²) >= 11 is 30.5. The highest BCUT2D eigenvalue weighted by Gasteiger charge is 2.21. The lowest BCUT2D eigenvalue weighted by Gasteiger charge is -2.17. The van der Waals surface area contributed by atoms with Crippen molar-refractivity contribution in [1.29, 1.82) is 0 Å². The van der Waals surface area contributed by atoms with E-state index in [0.717, 1.165) is 0 Å². The van der Waals surface area contributed by atoms with E-state index < -0.39 is 0 Å². The molecule has 0 heterocycles. The van der Waals surface area contributed by atoms with E-state index in [4.69, 9.17) is 58.0 Å². The highest BCUT2D eigenvalue weighted by molar-refractivity contribution is 6.56. The van der Waals surface area contributed by atoms with E-state index in [2.05, 4.69) is 0 Å². The van der Waals surface area contributed by atoms with Crippen molar-refractivity contribution >= 4 is 63.7 Å². The average Bonchev–Trinajstić information content (AvgIpc) is 2.44. The summed E-state index contributed by atoms with van der Waals surface area (Å²) in [6.45, 7) is 0. The Hall–Kier alpha value is -0.380. The molecule has 0 spiro atoms. The van der Waals surface area contributed by atoms with Crippen LogP contribution >= 0.6 is 58.0 Å². The van der Waals surface area contributed by atoms with Gasteiger partial charge in [0.05, 0.1) is 30.8 Å². The summed E-state index contributed by atoms with van der Waals surface area (Å²) in [5, 5.41) is 0.656. The van der Waals surface area contributed by atoms with Gasteiger partial charge in [0.2, 0.25) is 0 Å². The van der Waals surface area contributed by atoms with E-state index in [1.54, 1.807) is 31.1 Å². The second-order valence-electron chi connectivity index (χ2n) is 4.51. The van der Waals surface area contributed by atoms with E-state index in [9.17, 15) is 4.39 Å². The molecule has 0 aliphatic rings. The molecule has 0 fully saturated rings. The summed E-state index contributed by atoms with van der Waals surface area (Å²) < 4.78 is 13.8. The van der Waals surface area contributed by atoms with Gasteiger partial charge in [-0.15, -0.1) is 0 Å². The number of halogens is 6. The van der Waals surface area contributed by atoms with Crippen LogP contribution in [-0.2, 0) is 0 Å². The van der Waals surface area contributed by atoms with Gasteiger partial charge in [0.1, 0.15) is 5.82 Å². The maximum absolute atomic E-state index is 13.8. The Kier molecular flexibility index (Phi) is 5.17. The largest absolute Gasteiger partial charge is 0.375 e. The second-order valence-corrected chi connectivity index (χ2v) is 6.40. The predicted octanol–water partition coefficient (Wildman–Crippen LogP) is 6.83. The zero-order valence-electron chi connectivity index (χ0n) is 10.9. The molecule has 0 amide bonds. The molecule has 1 nitrogen and oxygen atoms in total. The molecular weight excluding hydrogens is 378 g/mol. The molecule has 112 valence electrons. The Balaban J connectivity index is 2.77. The molecule has 0 saturated heterocycles. The Morgan fingerprint density at radius 3 is 1.76 bits per heavy atom. The van der Waals surface area contributed by atoms with Crippen LogP contribution in [0.1, 0.15) is 0 Å². The minimum absolute atomic E-state index is 0.0898. The average molecular weight is 387 g/mol. The first kappa shape index (κ1) is 17.0. The normalized spacial score (nSPS) is 10.9. The third-order valence-corrected chi connectivity index (χ3v) is 5.20. The van der Waals surface area contributed by atoms with Crippen LogP contribution in [0.25, 0.3) is 11.1 Å². The van der Waals surface area contributed by atoms with Crippen molar-refractivity contribution in [2.45, 2.75) is 0 Å². The molecule has 7 heteroatoms. The van der Waals surface area contributed by atoms with E-state index in [0.29, 0.717) is 16.8 Å². The maximum Gasteiger partial charge on any atom is 0.146 e. The van der Waals surface area contributed by atoms with Crippen molar-refractivity contribution in [2.75, 3.05) is 19.0 Å². The minimum atomic E-state index is -0.359. The summed E-state index contributed by atoms with van der Waals surface area (Å²) in [5.74, 6) is -0.359. The Morgan fingerprint density at radius 1 is 0.810 bits per heavy atom. The van der Waals surface area contributed by atoms with Crippen molar-refractivity contribution in [3.8, 4) is 11.1 Å². The summed E-state index contributed by atoms with van der Waals surface area (Å²) in [6.07, 6.45) is 0. The number of nitrogens with zero attached hydrogens (tertiary/aromatic N) is 1. The molecule has 0 aromatic heterocycles. The number of hydrogen-bond acceptors (Lipinski definition) is 1. The van der Waals surface area contributed by atoms with Crippen LogP contribution < -0.4 is 4.90 Å². The van der Waals surface area contributed by atoms with Crippen LogP contribution in [0.3, 0.4) is 0 Å². The highest BCUT2D eigenvalue weighted by Crippen LogP contribution is 2.48. The first-order valence-corrected chi connectivity index (χ1v) is 7.63. The van der Waals surface area contributed by atoms with Crippen LogP contribution in [0, 0.1) is 5.82 Å². The van der Waals surface area contributed by atoms with Gasteiger partial charge < -0.3 is 4.90 Å². The minimum Gasteiger partial charge on any atom is -0.375 e. The van der Waals surface area contributed by atoms with Crippen molar-refractivity contribution < 1.29 is 4.39 Å². The third kappa shape index (κ3) is 3.06. The Morgan fingerprint density at radius 2 is 1.29 bits per heavy atom. The number of rotatable bonds is 2. The smallest absolute Gasteiger partial charge is 0.146 e. The zero-order chi connectivity index (χ0) is 15.9. The lowest BCUT2D eigenvalue weighted by molar-refractivity contribution is 0.626. The summed E-state index contributed by atoms with van der Waals surface area (Å²) in [7, 11) is 3.46. The van der Waals surface area contributed by atoms with Gasteiger partial charge in [0.15, 0.2) is 0 Å². The fourth-order valence-corrected chi connectivity index (χ4v) is 3.23. The molecule has 2 rings (SSSR count). The van der Waals surface area contributed by atoms with Crippen molar-refractivity contribution in [3.05, 3.63) is 49.1 Å². The molecule has 0 saturated carbocycles. The molecule has 0 radical (unpaired) electrons. The first-order valence-electron chi connectivity index (χ1n) is 5.74. The van der Waals surface area contributed by atoms with E-state index in [-0.39, 0.29) is 30.9 Å². The SMILES string of the molecule is CN(C)c1cc(-c2c(Cl)c(Cl)c(Cl)c(Cl)c2Cl)ccc1F. The van der Waals surface area contributed by atoms with E-state index in [1.807, 2.05) is 0 Å². The van der Waals surface area contributed by atoms with Gasteiger partial charge in [0, 0.05) is 19.7 Å². The van der Waals surface area contributed by atoms with E-state index >= 15 is 0 Å². The Labute approximate surface area is 147 Å². The number of hydrogen-bond donors (Lipinski definition) is 0. The fourth-order valence-electron chi connectivity index (χ4n) is 1.87. The van der Waals surface area contributed by atoms with Crippen molar-refractivity contribution in [1.82, 2.24) is 0 Å². The quantitative estimate of drug-likeness (QED) is 0.403. The van der Waals surface area contributed by atoms with Gasteiger partial charge in [0.25, 0.3) is 0 Å². The first-order chi connectivity index (χ1) is 9.75. The summed E-state index contributed by atoms with van der Waals surface area (Å²) in [4.78, 5) is 1.64. The van der Waals surface area contributed by atoms with Gasteiger partial charge in [-0.1, -0.05) is 64.1 Å². The predicted molar refractivity (Wildman–Crippen MR) is 91.2 cm³/mol. The molecule has 2 aromatic rings. The second kappa shape index (κ2) is 6.39. The van der Waals surface area contributed by atoms with Crippen LogP contribution in [0.4, 0.5) is 10.1 Å². The molecule has 2 aromatic carbocycles. The van der Waals surface area contributed by atoms with Crippen LogP contribution in [-0.4, -0.2) is 14.1 Å². The van der Waals surface area contributed by atoms with E-state index in [1.165, 1.54) is 6.07 Å². The van der Waals surface area contributed by atoms with Crippen LogP contribution in [0.5, 0.6) is 0 Å². The molecule has 0 aliphatic heterocycles. The standard InChI is InChI=1S/C14H9Cl5FN/c1-21(2)8-5-6(3-4-7(8)20)9-10(15)12(17)14(19)13(18)11(9)16/h3-5H,1-2H3. The molecule has 0 bridgehead atoms. The molecule has 0 N–H and O–H groups in total. The zero-order valence-corrected chi connectivity index (χ0v) is 14.7.